The highest BCUT2D eigenvalue weighted by Gasteiger charge is 2.30. The van der Waals surface area contributed by atoms with Crippen molar-refractivity contribution >= 4 is 23.2 Å². The van der Waals surface area contributed by atoms with Gasteiger partial charge in [-0.3, -0.25) is 4.90 Å². The van der Waals surface area contributed by atoms with E-state index in [4.69, 9.17) is 26.8 Å². The summed E-state index contributed by atoms with van der Waals surface area (Å²) in [6, 6.07) is 6.80. The minimum Gasteiger partial charge on any atom is -0.496 e. The Kier molecular flexibility index (Phi) is 5.58. The number of halogens is 2. The fourth-order valence-corrected chi connectivity index (χ4v) is 4.07. The van der Waals surface area contributed by atoms with Crippen LogP contribution in [0.1, 0.15) is 0 Å². The normalized spacial score (nSPS) is 17.4. The summed E-state index contributed by atoms with van der Waals surface area (Å²) in [6.45, 7) is 5.22. The maximum absolute atomic E-state index is 13.8. The SMILES string of the molecule is COc1cc(N2CCN(C3COC3)CC2)nc(N)c1-c1ncn(-c2ccc(Cl)c(F)c2)n1. The van der Waals surface area contributed by atoms with Crippen LogP contribution in [-0.4, -0.2) is 77.2 Å². The summed E-state index contributed by atoms with van der Waals surface area (Å²) in [4.78, 5) is 13.6. The lowest BCUT2D eigenvalue weighted by atomic mass is 10.1. The molecule has 2 saturated heterocycles. The number of benzene rings is 1. The molecule has 4 heterocycles. The molecule has 168 valence electrons. The Hall–Kier alpha value is -2.95. The van der Waals surface area contributed by atoms with E-state index in [-0.39, 0.29) is 10.8 Å². The Bertz CT molecular complexity index is 1130. The molecule has 5 rings (SSSR count). The largest absolute Gasteiger partial charge is 0.496 e. The molecule has 0 aliphatic carbocycles. The third-order valence-corrected chi connectivity index (χ3v) is 6.18. The van der Waals surface area contributed by atoms with Crippen molar-refractivity contribution in [3.8, 4) is 22.8 Å². The maximum Gasteiger partial charge on any atom is 0.189 e. The minimum atomic E-state index is -0.533. The lowest BCUT2D eigenvalue weighted by Gasteiger charge is -2.42. The van der Waals surface area contributed by atoms with E-state index in [9.17, 15) is 4.39 Å². The molecule has 2 aliphatic rings. The maximum atomic E-state index is 13.8. The Balaban J connectivity index is 1.39. The van der Waals surface area contributed by atoms with Gasteiger partial charge in [-0.1, -0.05) is 11.6 Å². The second-order valence-electron chi connectivity index (χ2n) is 7.77. The molecule has 1 aromatic carbocycles. The molecule has 0 unspecified atom stereocenters. The first kappa shape index (κ1) is 20.9. The molecule has 0 spiro atoms. The van der Waals surface area contributed by atoms with E-state index in [0.717, 1.165) is 45.2 Å². The summed E-state index contributed by atoms with van der Waals surface area (Å²) in [5.41, 5.74) is 7.31. The predicted molar refractivity (Wildman–Crippen MR) is 119 cm³/mol. The van der Waals surface area contributed by atoms with E-state index >= 15 is 0 Å². The zero-order valence-corrected chi connectivity index (χ0v) is 18.3. The quantitative estimate of drug-likeness (QED) is 0.620. The van der Waals surface area contributed by atoms with E-state index in [1.807, 2.05) is 6.07 Å². The van der Waals surface area contributed by atoms with Gasteiger partial charge in [0.05, 0.1) is 37.1 Å². The van der Waals surface area contributed by atoms with Crippen molar-refractivity contribution in [3.63, 3.8) is 0 Å². The van der Waals surface area contributed by atoms with E-state index < -0.39 is 5.82 Å². The second kappa shape index (κ2) is 8.53. The van der Waals surface area contributed by atoms with Crippen LogP contribution in [0, 0.1) is 5.82 Å². The van der Waals surface area contributed by atoms with Gasteiger partial charge in [-0.25, -0.2) is 19.0 Å². The Morgan fingerprint density at radius 2 is 1.97 bits per heavy atom. The fourth-order valence-electron chi connectivity index (χ4n) is 3.95. The summed E-state index contributed by atoms with van der Waals surface area (Å²) in [6.07, 6.45) is 1.48. The van der Waals surface area contributed by atoms with Crippen molar-refractivity contribution in [1.29, 1.82) is 0 Å². The Morgan fingerprint density at radius 3 is 2.62 bits per heavy atom. The summed E-state index contributed by atoms with van der Waals surface area (Å²) < 4.78 is 26.2. The smallest absolute Gasteiger partial charge is 0.189 e. The van der Waals surface area contributed by atoms with Crippen LogP contribution in [0.4, 0.5) is 16.0 Å². The highest BCUT2D eigenvalue weighted by Crippen LogP contribution is 2.35. The van der Waals surface area contributed by atoms with Gasteiger partial charge in [-0.2, -0.15) is 0 Å². The monoisotopic (exact) mass is 459 g/mol. The Labute approximate surface area is 189 Å². The van der Waals surface area contributed by atoms with Gasteiger partial charge in [0.25, 0.3) is 0 Å². The van der Waals surface area contributed by atoms with Crippen molar-refractivity contribution in [2.75, 3.05) is 57.1 Å². The van der Waals surface area contributed by atoms with Crippen LogP contribution in [0.15, 0.2) is 30.6 Å². The first-order valence-corrected chi connectivity index (χ1v) is 10.7. The van der Waals surface area contributed by atoms with Gasteiger partial charge >= 0.3 is 0 Å². The van der Waals surface area contributed by atoms with Crippen LogP contribution in [0.3, 0.4) is 0 Å². The number of hydrogen-bond acceptors (Lipinski definition) is 8. The van der Waals surface area contributed by atoms with Gasteiger partial charge in [0.15, 0.2) is 5.82 Å². The number of nitrogen functional groups attached to an aromatic ring is 1. The third kappa shape index (κ3) is 3.85. The third-order valence-electron chi connectivity index (χ3n) is 5.88. The first-order valence-electron chi connectivity index (χ1n) is 10.3. The van der Waals surface area contributed by atoms with Crippen LogP contribution in [0.5, 0.6) is 5.75 Å². The van der Waals surface area contributed by atoms with E-state index in [0.29, 0.717) is 28.9 Å². The molecule has 2 N–H and O–H groups in total. The Morgan fingerprint density at radius 1 is 1.19 bits per heavy atom. The number of ether oxygens (including phenoxy) is 2. The van der Waals surface area contributed by atoms with Gasteiger partial charge in [0.2, 0.25) is 0 Å². The number of pyridine rings is 1. The number of anilines is 2. The van der Waals surface area contributed by atoms with Gasteiger partial charge in [0, 0.05) is 38.3 Å². The second-order valence-corrected chi connectivity index (χ2v) is 8.18. The summed E-state index contributed by atoms with van der Waals surface area (Å²) >= 11 is 5.77. The average Bonchev–Trinajstić information content (AvgIpc) is 3.24. The number of aromatic nitrogens is 4. The number of rotatable bonds is 5. The molecule has 11 heteroatoms. The molecule has 0 radical (unpaired) electrons. The molecule has 9 nitrogen and oxygen atoms in total. The van der Waals surface area contributed by atoms with Crippen LogP contribution >= 0.6 is 11.6 Å². The van der Waals surface area contributed by atoms with E-state index in [1.165, 1.54) is 23.1 Å². The van der Waals surface area contributed by atoms with Crippen LogP contribution in [0.25, 0.3) is 17.1 Å². The predicted octanol–water partition coefficient (Wildman–Crippen LogP) is 2.23. The number of piperazine rings is 1. The van der Waals surface area contributed by atoms with Gasteiger partial charge < -0.3 is 20.1 Å². The zero-order valence-electron chi connectivity index (χ0n) is 17.5. The van der Waals surface area contributed by atoms with Gasteiger partial charge in [0.1, 0.15) is 35.1 Å². The minimum absolute atomic E-state index is 0.0432. The molecular weight excluding hydrogens is 437 g/mol. The summed E-state index contributed by atoms with van der Waals surface area (Å²) in [5.74, 6) is 1.36. The van der Waals surface area contributed by atoms with Crippen molar-refractivity contribution in [2.24, 2.45) is 0 Å². The molecule has 0 saturated carbocycles. The topological polar surface area (TPSA) is 94.6 Å². The van der Waals surface area contributed by atoms with E-state index in [1.54, 1.807) is 13.2 Å². The van der Waals surface area contributed by atoms with Crippen molar-refractivity contribution in [1.82, 2.24) is 24.6 Å². The first-order chi connectivity index (χ1) is 15.5. The zero-order chi connectivity index (χ0) is 22.2. The molecule has 0 atom stereocenters. The van der Waals surface area contributed by atoms with Gasteiger partial charge in [-0.15, -0.1) is 5.10 Å². The fraction of sp³-hybridized carbons (Fsp3) is 0.381. The summed E-state index contributed by atoms with van der Waals surface area (Å²) in [7, 11) is 1.57. The molecule has 2 aromatic heterocycles. The molecule has 2 fully saturated rings. The number of nitrogens with zero attached hydrogens (tertiary/aromatic N) is 6. The standard InChI is InChI=1S/C21H23ClFN7O2/c1-31-17-9-18(29-6-4-28(5-7-29)14-10-32-11-14)26-20(24)19(17)21-25-12-30(27-21)13-2-3-15(22)16(23)8-13/h2-3,8-9,12,14H,4-7,10-11H2,1H3,(H2,24,26). The highest BCUT2D eigenvalue weighted by molar-refractivity contribution is 6.30. The molecular formula is C21H23ClFN7O2. The molecule has 3 aromatic rings. The molecule has 0 amide bonds. The summed E-state index contributed by atoms with van der Waals surface area (Å²) in [5, 5.41) is 4.49. The number of methoxy groups -OCH3 is 1. The lowest BCUT2D eigenvalue weighted by Crippen LogP contribution is -2.56. The van der Waals surface area contributed by atoms with Crippen molar-refractivity contribution in [3.05, 3.63) is 41.4 Å². The number of hydrogen-bond donors (Lipinski definition) is 1. The molecule has 2 aliphatic heterocycles. The molecule has 32 heavy (non-hydrogen) atoms. The number of nitrogens with two attached hydrogens (primary N) is 1. The van der Waals surface area contributed by atoms with Crippen LogP contribution < -0.4 is 15.4 Å². The van der Waals surface area contributed by atoms with Crippen molar-refractivity contribution in [2.45, 2.75) is 6.04 Å². The molecule has 0 bridgehead atoms. The average molecular weight is 460 g/mol. The van der Waals surface area contributed by atoms with E-state index in [2.05, 4.69) is 24.9 Å². The van der Waals surface area contributed by atoms with Crippen LogP contribution in [-0.2, 0) is 4.74 Å². The highest BCUT2D eigenvalue weighted by atomic mass is 35.5. The van der Waals surface area contributed by atoms with Gasteiger partial charge in [-0.05, 0) is 12.1 Å². The van der Waals surface area contributed by atoms with Crippen molar-refractivity contribution < 1.29 is 13.9 Å². The lowest BCUT2D eigenvalue weighted by molar-refractivity contribution is -0.0660. The van der Waals surface area contributed by atoms with Crippen LogP contribution in [0.2, 0.25) is 5.02 Å².